The summed E-state index contributed by atoms with van der Waals surface area (Å²) in [7, 11) is -3.72. The van der Waals surface area contributed by atoms with Gasteiger partial charge in [-0.15, -0.1) is 0 Å². The molecule has 1 heterocycles. The molecule has 0 aliphatic rings. The predicted molar refractivity (Wildman–Crippen MR) is 78.9 cm³/mol. The van der Waals surface area contributed by atoms with Crippen LogP contribution in [0.1, 0.15) is 25.8 Å². The first-order valence-corrected chi connectivity index (χ1v) is 8.05. The number of pyridine rings is 1. The molecule has 0 radical (unpaired) electrons. The van der Waals surface area contributed by atoms with Crippen LogP contribution in [0.5, 0.6) is 0 Å². The lowest BCUT2D eigenvalue weighted by Gasteiger charge is -2.24. The normalized spacial score (nSPS) is 11.5. The highest BCUT2D eigenvalue weighted by Gasteiger charge is 2.26. The van der Waals surface area contributed by atoms with Crippen molar-refractivity contribution in [2.45, 2.75) is 31.2 Å². The standard InChI is InChI=1S/C14H20N2O4S/c1-12(2)16(6-8-18)21(19,20)14-9-13(10-15-11-14)5-3-4-7-17/h9-12,17-18H,4,6-8H2,1-2H3. The Morgan fingerprint density at radius 1 is 1.29 bits per heavy atom. The van der Waals surface area contributed by atoms with Gasteiger partial charge in [0.1, 0.15) is 4.90 Å². The first-order valence-electron chi connectivity index (χ1n) is 6.61. The number of aromatic nitrogens is 1. The maximum absolute atomic E-state index is 12.5. The fraction of sp³-hybridized carbons (Fsp3) is 0.500. The van der Waals surface area contributed by atoms with Crippen LogP contribution in [0.4, 0.5) is 0 Å². The van der Waals surface area contributed by atoms with Gasteiger partial charge in [0.15, 0.2) is 0 Å². The third-order valence-corrected chi connectivity index (χ3v) is 4.73. The lowest BCUT2D eigenvalue weighted by atomic mass is 10.3. The third kappa shape index (κ3) is 4.79. The summed E-state index contributed by atoms with van der Waals surface area (Å²) >= 11 is 0. The molecule has 0 fully saturated rings. The molecule has 2 N–H and O–H groups in total. The lowest BCUT2D eigenvalue weighted by molar-refractivity contribution is 0.236. The molecule has 0 aromatic carbocycles. The van der Waals surface area contributed by atoms with Gasteiger partial charge in [0.2, 0.25) is 10.0 Å². The smallest absolute Gasteiger partial charge is 0.244 e. The number of aliphatic hydroxyl groups is 2. The van der Waals surface area contributed by atoms with E-state index >= 15 is 0 Å². The summed E-state index contributed by atoms with van der Waals surface area (Å²) in [5.41, 5.74) is 0.470. The van der Waals surface area contributed by atoms with Crippen LogP contribution in [-0.2, 0) is 10.0 Å². The molecule has 1 aromatic heterocycles. The first-order chi connectivity index (χ1) is 9.93. The highest BCUT2D eigenvalue weighted by atomic mass is 32.2. The van der Waals surface area contributed by atoms with Crippen LogP contribution in [-0.4, -0.2) is 53.7 Å². The molecule has 21 heavy (non-hydrogen) atoms. The maximum Gasteiger partial charge on any atom is 0.244 e. The van der Waals surface area contributed by atoms with Crippen LogP contribution in [0.25, 0.3) is 0 Å². The molecule has 0 saturated carbocycles. The molecule has 0 unspecified atom stereocenters. The second-order valence-electron chi connectivity index (χ2n) is 4.62. The van der Waals surface area contributed by atoms with Crippen molar-refractivity contribution in [3.05, 3.63) is 24.0 Å². The molecule has 1 aromatic rings. The quantitative estimate of drug-likeness (QED) is 0.733. The van der Waals surface area contributed by atoms with E-state index in [1.807, 2.05) is 0 Å². The van der Waals surface area contributed by atoms with E-state index in [2.05, 4.69) is 16.8 Å². The van der Waals surface area contributed by atoms with Gasteiger partial charge < -0.3 is 10.2 Å². The average Bonchev–Trinajstić information content (AvgIpc) is 2.45. The van der Waals surface area contributed by atoms with E-state index in [1.54, 1.807) is 13.8 Å². The van der Waals surface area contributed by atoms with Crippen LogP contribution in [0.15, 0.2) is 23.4 Å². The van der Waals surface area contributed by atoms with E-state index in [0.717, 1.165) is 0 Å². The van der Waals surface area contributed by atoms with Crippen molar-refractivity contribution in [2.24, 2.45) is 0 Å². The number of hydrogen-bond donors (Lipinski definition) is 2. The summed E-state index contributed by atoms with van der Waals surface area (Å²) < 4.78 is 26.3. The minimum Gasteiger partial charge on any atom is -0.395 e. The molecule has 7 heteroatoms. The topological polar surface area (TPSA) is 90.7 Å². The van der Waals surface area contributed by atoms with Crippen LogP contribution < -0.4 is 0 Å². The molecule has 0 bridgehead atoms. The largest absolute Gasteiger partial charge is 0.395 e. The van der Waals surface area contributed by atoms with E-state index < -0.39 is 10.0 Å². The van der Waals surface area contributed by atoms with Crippen LogP contribution in [0.3, 0.4) is 0 Å². The number of hydrogen-bond acceptors (Lipinski definition) is 5. The highest BCUT2D eigenvalue weighted by molar-refractivity contribution is 7.89. The van der Waals surface area contributed by atoms with E-state index in [1.165, 1.54) is 22.8 Å². The van der Waals surface area contributed by atoms with E-state index in [0.29, 0.717) is 12.0 Å². The Balaban J connectivity index is 3.14. The first kappa shape index (κ1) is 17.6. The van der Waals surface area contributed by atoms with Gasteiger partial charge >= 0.3 is 0 Å². The Morgan fingerprint density at radius 3 is 2.57 bits per heavy atom. The minimum absolute atomic E-state index is 0.0282. The fourth-order valence-corrected chi connectivity index (χ4v) is 3.36. The average molecular weight is 312 g/mol. The van der Waals surface area contributed by atoms with Crippen LogP contribution in [0, 0.1) is 11.8 Å². The fourth-order valence-electron chi connectivity index (χ4n) is 1.74. The lowest BCUT2D eigenvalue weighted by Crippen LogP contribution is -2.39. The van der Waals surface area contributed by atoms with Gasteiger partial charge in [-0.05, 0) is 19.9 Å². The summed E-state index contributed by atoms with van der Waals surface area (Å²) in [6.07, 6.45) is 3.05. The van der Waals surface area contributed by atoms with Gasteiger partial charge in [-0.3, -0.25) is 4.98 Å². The molecular weight excluding hydrogens is 292 g/mol. The Hall–Kier alpha value is -1.46. The molecule has 116 valence electrons. The number of nitrogens with zero attached hydrogens (tertiary/aromatic N) is 2. The van der Waals surface area contributed by atoms with Crippen molar-refractivity contribution >= 4 is 10.0 Å². The van der Waals surface area contributed by atoms with E-state index in [-0.39, 0.29) is 30.7 Å². The van der Waals surface area contributed by atoms with E-state index in [9.17, 15) is 8.42 Å². The molecule has 0 spiro atoms. The van der Waals surface area contributed by atoms with Gasteiger partial charge in [0.25, 0.3) is 0 Å². The predicted octanol–water partition coefficient (Wildman–Crippen LogP) is 0.207. The summed E-state index contributed by atoms with van der Waals surface area (Å²) in [4.78, 5) is 3.94. The zero-order chi connectivity index (χ0) is 15.9. The number of aliphatic hydroxyl groups excluding tert-OH is 2. The molecule has 0 aliphatic carbocycles. The molecule has 0 aliphatic heterocycles. The maximum atomic E-state index is 12.5. The number of rotatable bonds is 6. The molecule has 0 atom stereocenters. The van der Waals surface area contributed by atoms with Crippen molar-refractivity contribution < 1.29 is 18.6 Å². The summed E-state index contributed by atoms with van der Waals surface area (Å²) in [5.74, 6) is 5.47. The summed E-state index contributed by atoms with van der Waals surface area (Å²) in [6, 6.07) is 1.17. The van der Waals surface area contributed by atoms with Gasteiger partial charge in [-0.25, -0.2) is 8.42 Å². The van der Waals surface area contributed by atoms with Gasteiger partial charge in [-0.1, -0.05) is 11.8 Å². The molecule has 0 amide bonds. The second-order valence-corrected chi connectivity index (χ2v) is 6.51. The Bertz CT molecular complexity index is 617. The van der Waals surface area contributed by atoms with Crippen molar-refractivity contribution in [1.29, 1.82) is 0 Å². The van der Waals surface area contributed by atoms with Crippen LogP contribution in [0.2, 0.25) is 0 Å². The number of sulfonamides is 1. The van der Waals surface area contributed by atoms with Crippen molar-refractivity contribution in [2.75, 3.05) is 19.8 Å². The SMILES string of the molecule is CC(C)N(CCO)S(=O)(=O)c1cncc(C#CCCO)c1. The summed E-state index contributed by atoms with van der Waals surface area (Å²) in [5, 5.41) is 17.7. The Morgan fingerprint density at radius 2 is 2.00 bits per heavy atom. The molecular formula is C14H20N2O4S. The Kier molecular flexibility index (Phi) is 6.78. The van der Waals surface area contributed by atoms with Crippen molar-refractivity contribution in [3.63, 3.8) is 0 Å². The molecule has 6 nitrogen and oxygen atoms in total. The highest BCUT2D eigenvalue weighted by Crippen LogP contribution is 2.18. The third-order valence-electron chi connectivity index (χ3n) is 2.69. The molecule has 0 saturated heterocycles. The van der Waals surface area contributed by atoms with Crippen molar-refractivity contribution in [3.8, 4) is 11.8 Å². The Labute approximate surface area is 125 Å². The van der Waals surface area contributed by atoms with Gasteiger partial charge in [0, 0.05) is 37.0 Å². The monoisotopic (exact) mass is 312 g/mol. The van der Waals surface area contributed by atoms with Crippen molar-refractivity contribution in [1.82, 2.24) is 9.29 Å². The summed E-state index contributed by atoms with van der Waals surface area (Å²) in [6.45, 7) is 3.22. The zero-order valence-corrected chi connectivity index (χ0v) is 13.0. The van der Waals surface area contributed by atoms with Gasteiger partial charge in [-0.2, -0.15) is 4.31 Å². The second kappa shape index (κ2) is 8.10. The molecule has 1 rings (SSSR count). The van der Waals surface area contributed by atoms with Gasteiger partial charge in [0.05, 0.1) is 13.2 Å². The van der Waals surface area contributed by atoms with Crippen LogP contribution >= 0.6 is 0 Å². The zero-order valence-electron chi connectivity index (χ0n) is 12.2. The minimum atomic E-state index is -3.72. The van der Waals surface area contributed by atoms with E-state index in [4.69, 9.17) is 10.2 Å².